The molecule has 3 aromatic rings. The maximum atomic E-state index is 12.7. The van der Waals surface area contributed by atoms with E-state index >= 15 is 0 Å². The van der Waals surface area contributed by atoms with Crippen molar-refractivity contribution in [2.75, 3.05) is 23.3 Å². The van der Waals surface area contributed by atoms with Gasteiger partial charge in [-0.05, 0) is 36.4 Å². The molecule has 3 N–H and O–H groups in total. The van der Waals surface area contributed by atoms with Crippen LogP contribution in [0.3, 0.4) is 0 Å². The summed E-state index contributed by atoms with van der Waals surface area (Å²) in [5, 5.41) is 7.62. The zero-order valence-corrected chi connectivity index (χ0v) is 16.8. The van der Waals surface area contributed by atoms with Crippen LogP contribution in [0.2, 0.25) is 0 Å². The minimum Gasteiger partial charge on any atom is -0.370 e. The molecular formula is C20H20N4O2S2. The SMILES string of the molecule is NC(=O)C1CCN(c2ccccc2NC(=O)c2csc(-c3cccs3)n2)CC1. The Bertz CT molecular complexity index is 976. The van der Waals surface area contributed by atoms with E-state index < -0.39 is 0 Å². The van der Waals surface area contributed by atoms with Crippen LogP contribution in [0.1, 0.15) is 23.3 Å². The number of rotatable bonds is 5. The number of thiazole rings is 1. The van der Waals surface area contributed by atoms with E-state index in [0.29, 0.717) is 5.69 Å². The first-order chi connectivity index (χ1) is 13.6. The van der Waals surface area contributed by atoms with Crippen molar-refractivity contribution in [3.63, 3.8) is 0 Å². The van der Waals surface area contributed by atoms with Crippen LogP contribution in [0.5, 0.6) is 0 Å². The molecule has 1 aliphatic rings. The molecule has 1 saturated heterocycles. The molecule has 0 aliphatic carbocycles. The Balaban J connectivity index is 1.48. The Morgan fingerprint density at radius 3 is 2.61 bits per heavy atom. The number of amides is 2. The summed E-state index contributed by atoms with van der Waals surface area (Å²) >= 11 is 3.07. The van der Waals surface area contributed by atoms with Crippen molar-refractivity contribution in [2.24, 2.45) is 11.7 Å². The van der Waals surface area contributed by atoms with E-state index in [0.717, 1.165) is 47.2 Å². The molecule has 2 amide bonds. The second kappa shape index (κ2) is 8.12. The van der Waals surface area contributed by atoms with Gasteiger partial charge in [-0.3, -0.25) is 9.59 Å². The van der Waals surface area contributed by atoms with Crippen molar-refractivity contribution < 1.29 is 9.59 Å². The van der Waals surface area contributed by atoms with Gasteiger partial charge in [0.15, 0.2) is 0 Å². The monoisotopic (exact) mass is 412 g/mol. The first-order valence-electron chi connectivity index (χ1n) is 9.06. The Hall–Kier alpha value is -2.71. The standard InChI is InChI=1S/C20H20N4O2S2/c21-18(25)13-7-9-24(10-8-13)16-5-2-1-4-14(16)22-19(26)15-12-28-20(23-15)17-6-3-11-27-17/h1-6,11-13H,7-10H2,(H2,21,25)(H,22,26). The number of primary amides is 1. The van der Waals surface area contributed by atoms with Crippen LogP contribution >= 0.6 is 22.7 Å². The Labute approximate surface area is 171 Å². The number of piperidine rings is 1. The predicted molar refractivity (Wildman–Crippen MR) is 114 cm³/mol. The number of anilines is 2. The van der Waals surface area contributed by atoms with E-state index in [1.54, 1.807) is 16.7 Å². The van der Waals surface area contributed by atoms with E-state index in [2.05, 4.69) is 15.2 Å². The van der Waals surface area contributed by atoms with Gasteiger partial charge in [-0.1, -0.05) is 18.2 Å². The summed E-state index contributed by atoms with van der Waals surface area (Å²) in [6, 6.07) is 11.7. The van der Waals surface area contributed by atoms with Crippen molar-refractivity contribution in [3.8, 4) is 9.88 Å². The summed E-state index contributed by atoms with van der Waals surface area (Å²) < 4.78 is 0. The molecule has 0 radical (unpaired) electrons. The van der Waals surface area contributed by atoms with Gasteiger partial charge in [0.2, 0.25) is 5.91 Å². The largest absolute Gasteiger partial charge is 0.370 e. The normalized spacial score (nSPS) is 14.8. The second-order valence-corrected chi connectivity index (χ2v) is 8.46. The number of hydrogen-bond acceptors (Lipinski definition) is 6. The van der Waals surface area contributed by atoms with Crippen molar-refractivity contribution in [1.29, 1.82) is 0 Å². The summed E-state index contributed by atoms with van der Waals surface area (Å²) in [6.45, 7) is 1.47. The molecule has 0 atom stereocenters. The maximum Gasteiger partial charge on any atom is 0.275 e. The van der Waals surface area contributed by atoms with Crippen LogP contribution in [-0.4, -0.2) is 29.9 Å². The van der Waals surface area contributed by atoms with Crippen molar-refractivity contribution in [1.82, 2.24) is 4.98 Å². The summed E-state index contributed by atoms with van der Waals surface area (Å²) in [4.78, 5) is 31.8. The average Bonchev–Trinajstić information content (AvgIpc) is 3.40. The van der Waals surface area contributed by atoms with Gasteiger partial charge in [-0.15, -0.1) is 22.7 Å². The molecule has 0 spiro atoms. The Kier molecular flexibility index (Phi) is 5.40. The van der Waals surface area contributed by atoms with E-state index in [1.807, 2.05) is 41.8 Å². The fourth-order valence-electron chi connectivity index (χ4n) is 3.34. The molecule has 6 nitrogen and oxygen atoms in total. The first kappa shape index (κ1) is 18.6. The molecule has 0 unspecified atom stereocenters. The number of nitrogens with two attached hydrogens (primary N) is 1. The molecule has 1 aromatic carbocycles. The number of nitrogens with zero attached hydrogens (tertiary/aromatic N) is 2. The van der Waals surface area contributed by atoms with Gasteiger partial charge in [-0.25, -0.2) is 4.98 Å². The van der Waals surface area contributed by atoms with Crippen LogP contribution in [0.15, 0.2) is 47.2 Å². The van der Waals surface area contributed by atoms with E-state index in [-0.39, 0.29) is 17.7 Å². The molecule has 1 aliphatic heterocycles. The van der Waals surface area contributed by atoms with Crippen molar-refractivity contribution >= 4 is 45.9 Å². The fourth-order valence-corrected chi connectivity index (χ4v) is 4.95. The van der Waals surface area contributed by atoms with E-state index in [1.165, 1.54) is 11.3 Å². The molecule has 8 heteroatoms. The predicted octanol–water partition coefficient (Wildman–Crippen LogP) is 3.83. The molecule has 0 bridgehead atoms. The Morgan fingerprint density at radius 1 is 1.11 bits per heavy atom. The van der Waals surface area contributed by atoms with Crippen molar-refractivity contribution in [2.45, 2.75) is 12.8 Å². The minimum atomic E-state index is -0.230. The highest BCUT2D eigenvalue weighted by atomic mass is 32.1. The quantitative estimate of drug-likeness (QED) is 0.667. The molecule has 2 aromatic heterocycles. The highest BCUT2D eigenvalue weighted by Gasteiger charge is 2.25. The zero-order valence-electron chi connectivity index (χ0n) is 15.1. The smallest absolute Gasteiger partial charge is 0.275 e. The van der Waals surface area contributed by atoms with Crippen LogP contribution < -0.4 is 16.0 Å². The number of thiophene rings is 1. The third kappa shape index (κ3) is 3.93. The minimum absolute atomic E-state index is 0.0660. The van der Waals surface area contributed by atoms with Gasteiger partial charge in [0.25, 0.3) is 5.91 Å². The lowest BCUT2D eigenvalue weighted by atomic mass is 9.96. The summed E-state index contributed by atoms with van der Waals surface area (Å²) in [6.07, 6.45) is 1.46. The zero-order chi connectivity index (χ0) is 19.5. The molecular weight excluding hydrogens is 392 g/mol. The van der Waals surface area contributed by atoms with Gasteiger partial charge in [0.1, 0.15) is 10.7 Å². The number of carbonyl (C=O) groups is 2. The van der Waals surface area contributed by atoms with Gasteiger partial charge >= 0.3 is 0 Å². The molecule has 4 rings (SSSR count). The fraction of sp³-hybridized carbons (Fsp3) is 0.250. The molecule has 0 saturated carbocycles. The number of aromatic nitrogens is 1. The summed E-state index contributed by atoms with van der Waals surface area (Å²) in [5.41, 5.74) is 7.54. The van der Waals surface area contributed by atoms with Crippen LogP contribution in [0.4, 0.5) is 11.4 Å². The highest BCUT2D eigenvalue weighted by molar-refractivity contribution is 7.20. The first-order valence-corrected chi connectivity index (χ1v) is 10.8. The third-order valence-electron chi connectivity index (χ3n) is 4.86. The molecule has 144 valence electrons. The lowest BCUT2D eigenvalue weighted by Crippen LogP contribution is -2.38. The maximum absolute atomic E-state index is 12.7. The topological polar surface area (TPSA) is 88.3 Å². The van der Waals surface area contributed by atoms with E-state index in [4.69, 9.17) is 5.73 Å². The van der Waals surface area contributed by atoms with Gasteiger partial charge < -0.3 is 16.0 Å². The second-order valence-electron chi connectivity index (χ2n) is 6.65. The third-order valence-corrected chi connectivity index (χ3v) is 6.74. The molecule has 3 heterocycles. The number of nitrogens with one attached hydrogen (secondary N) is 1. The number of hydrogen-bond donors (Lipinski definition) is 2. The van der Waals surface area contributed by atoms with Gasteiger partial charge in [0.05, 0.1) is 16.3 Å². The summed E-state index contributed by atoms with van der Waals surface area (Å²) in [5.74, 6) is -0.520. The lowest BCUT2D eigenvalue weighted by Gasteiger charge is -2.33. The van der Waals surface area contributed by atoms with Crippen molar-refractivity contribution in [3.05, 3.63) is 52.9 Å². The average molecular weight is 413 g/mol. The highest BCUT2D eigenvalue weighted by Crippen LogP contribution is 2.31. The summed E-state index contributed by atoms with van der Waals surface area (Å²) in [7, 11) is 0. The number of para-hydroxylation sites is 2. The van der Waals surface area contributed by atoms with Gasteiger partial charge in [0, 0.05) is 24.4 Å². The number of carbonyl (C=O) groups excluding carboxylic acids is 2. The lowest BCUT2D eigenvalue weighted by molar-refractivity contribution is -0.122. The van der Waals surface area contributed by atoms with Crippen LogP contribution in [0.25, 0.3) is 9.88 Å². The van der Waals surface area contributed by atoms with Gasteiger partial charge in [-0.2, -0.15) is 0 Å². The van der Waals surface area contributed by atoms with Crippen LogP contribution in [-0.2, 0) is 4.79 Å². The van der Waals surface area contributed by atoms with E-state index in [9.17, 15) is 9.59 Å². The molecule has 28 heavy (non-hydrogen) atoms. The van der Waals surface area contributed by atoms with Crippen LogP contribution in [0, 0.1) is 5.92 Å². The molecule has 1 fully saturated rings. The number of benzene rings is 1. The Morgan fingerprint density at radius 2 is 1.89 bits per heavy atom.